The summed E-state index contributed by atoms with van der Waals surface area (Å²) in [5, 5.41) is 6.56. The van der Waals surface area contributed by atoms with Gasteiger partial charge in [0.05, 0.1) is 12.3 Å². The molecule has 0 unspecified atom stereocenters. The molecule has 2 rings (SSSR count). The first-order valence-electron chi connectivity index (χ1n) is 6.55. The number of thiazole rings is 1. The number of ether oxygens (including phenoxy) is 1. The first kappa shape index (κ1) is 15.4. The topological polar surface area (TPSA) is 76.1 Å². The fourth-order valence-corrected chi connectivity index (χ4v) is 2.62. The summed E-state index contributed by atoms with van der Waals surface area (Å²) >= 11 is 1.31. The summed E-state index contributed by atoms with van der Waals surface area (Å²) in [5.41, 5.74) is 1.62. The molecule has 0 aromatic carbocycles. The number of methoxy groups -OCH3 is 1. The van der Waals surface area contributed by atoms with E-state index in [-0.39, 0.29) is 5.91 Å². The molecular formula is C14H18N4O2S. The Bertz CT molecular complexity index is 627. The van der Waals surface area contributed by atoms with Crippen molar-refractivity contribution in [1.29, 1.82) is 0 Å². The number of nitrogens with zero attached hydrogens (tertiary/aromatic N) is 2. The van der Waals surface area contributed by atoms with Gasteiger partial charge >= 0.3 is 0 Å². The molecule has 0 aliphatic heterocycles. The number of aromatic nitrogens is 2. The third-order valence-corrected chi connectivity index (χ3v) is 3.79. The standard InChI is InChI=1S/C14H18N4O2S/c1-9-5-4-6-11(16-9)18-14-17-10(2)12(21-14)13(19)15-7-8-20-3/h4-6H,7-8H2,1-3H3,(H,15,19)(H,16,17,18). The van der Waals surface area contributed by atoms with Crippen molar-refractivity contribution in [2.24, 2.45) is 0 Å². The van der Waals surface area contributed by atoms with E-state index < -0.39 is 0 Å². The van der Waals surface area contributed by atoms with Crippen molar-refractivity contribution >= 4 is 28.2 Å². The molecule has 0 aliphatic rings. The summed E-state index contributed by atoms with van der Waals surface area (Å²) < 4.78 is 4.91. The second kappa shape index (κ2) is 7.14. The molecule has 0 saturated carbocycles. The molecule has 21 heavy (non-hydrogen) atoms. The van der Waals surface area contributed by atoms with E-state index >= 15 is 0 Å². The molecule has 7 heteroatoms. The number of hydrogen-bond acceptors (Lipinski definition) is 6. The van der Waals surface area contributed by atoms with E-state index in [2.05, 4.69) is 20.6 Å². The summed E-state index contributed by atoms with van der Waals surface area (Å²) in [6, 6.07) is 5.71. The maximum absolute atomic E-state index is 12.0. The maximum Gasteiger partial charge on any atom is 0.263 e. The normalized spacial score (nSPS) is 10.4. The van der Waals surface area contributed by atoms with Gasteiger partial charge in [-0.1, -0.05) is 17.4 Å². The average molecular weight is 306 g/mol. The predicted octanol–water partition coefficient (Wildman–Crippen LogP) is 2.27. The van der Waals surface area contributed by atoms with Gasteiger partial charge in [0.1, 0.15) is 10.7 Å². The minimum atomic E-state index is -0.132. The van der Waals surface area contributed by atoms with E-state index in [9.17, 15) is 4.79 Å². The van der Waals surface area contributed by atoms with Gasteiger partial charge < -0.3 is 15.4 Å². The van der Waals surface area contributed by atoms with Crippen molar-refractivity contribution in [3.8, 4) is 0 Å². The SMILES string of the molecule is COCCNC(=O)c1sc(Nc2cccc(C)n2)nc1C. The lowest BCUT2D eigenvalue weighted by Crippen LogP contribution is -2.26. The smallest absolute Gasteiger partial charge is 0.263 e. The number of carbonyl (C=O) groups is 1. The van der Waals surface area contributed by atoms with Gasteiger partial charge in [0.25, 0.3) is 5.91 Å². The highest BCUT2D eigenvalue weighted by atomic mass is 32.1. The molecule has 0 bridgehead atoms. The largest absolute Gasteiger partial charge is 0.383 e. The van der Waals surface area contributed by atoms with Gasteiger partial charge in [0, 0.05) is 19.3 Å². The molecule has 112 valence electrons. The highest BCUT2D eigenvalue weighted by Crippen LogP contribution is 2.25. The van der Waals surface area contributed by atoms with Gasteiger partial charge in [0.15, 0.2) is 5.13 Å². The molecule has 0 atom stereocenters. The second-order valence-electron chi connectivity index (χ2n) is 4.47. The van der Waals surface area contributed by atoms with Crippen LogP contribution in [0, 0.1) is 13.8 Å². The fraction of sp³-hybridized carbons (Fsp3) is 0.357. The molecule has 0 saturated heterocycles. The second-order valence-corrected chi connectivity index (χ2v) is 5.47. The van der Waals surface area contributed by atoms with Crippen molar-refractivity contribution in [2.45, 2.75) is 13.8 Å². The molecule has 0 fully saturated rings. The Labute approximate surface area is 127 Å². The zero-order chi connectivity index (χ0) is 15.2. The first-order chi connectivity index (χ1) is 10.1. The zero-order valence-corrected chi connectivity index (χ0v) is 13.1. The Balaban J connectivity index is 2.06. The van der Waals surface area contributed by atoms with Crippen molar-refractivity contribution in [3.05, 3.63) is 34.5 Å². The molecule has 0 radical (unpaired) electrons. The van der Waals surface area contributed by atoms with Crippen molar-refractivity contribution in [2.75, 3.05) is 25.6 Å². The van der Waals surface area contributed by atoms with Crippen LogP contribution in [0.2, 0.25) is 0 Å². The van der Waals surface area contributed by atoms with Gasteiger partial charge in [-0.15, -0.1) is 0 Å². The summed E-state index contributed by atoms with van der Waals surface area (Å²) in [6.45, 7) is 4.71. The number of amides is 1. The van der Waals surface area contributed by atoms with E-state index in [1.54, 1.807) is 7.11 Å². The van der Waals surface area contributed by atoms with Crippen molar-refractivity contribution in [1.82, 2.24) is 15.3 Å². The number of pyridine rings is 1. The number of carbonyl (C=O) groups excluding carboxylic acids is 1. The molecule has 6 nitrogen and oxygen atoms in total. The summed E-state index contributed by atoms with van der Waals surface area (Å²) in [4.78, 5) is 21.3. The van der Waals surface area contributed by atoms with Crippen molar-refractivity contribution in [3.63, 3.8) is 0 Å². The van der Waals surface area contributed by atoms with Crippen LogP contribution in [0.3, 0.4) is 0 Å². The minimum absolute atomic E-state index is 0.132. The van der Waals surface area contributed by atoms with Gasteiger partial charge in [-0.2, -0.15) is 0 Å². The number of nitrogens with one attached hydrogen (secondary N) is 2. The summed E-state index contributed by atoms with van der Waals surface area (Å²) in [5.74, 6) is 0.586. The van der Waals surface area contributed by atoms with Crippen LogP contribution in [0.1, 0.15) is 21.1 Å². The molecule has 2 N–H and O–H groups in total. The molecule has 0 aliphatic carbocycles. The van der Waals surface area contributed by atoms with E-state index in [1.807, 2.05) is 32.0 Å². The average Bonchev–Trinajstić information content (AvgIpc) is 2.80. The van der Waals surface area contributed by atoms with Gasteiger partial charge in [0.2, 0.25) is 0 Å². The molecule has 2 aromatic heterocycles. The first-order valence-corrected chi connectivity index (χ1v) is 7.37. The molecule has 0 spiro atoms. The monoisotopic (exact) mass is 306 g/mol. The van der Waals surface area contributed by atoms with Crippen LogP contribution in [0.25, 0.3) is 0 Å². The Morgan fingerprint density at radius 2 is 2.14 bits per heavy atom. The van der Waals surface area contributed by atoms with E-state index in [0.29, 0.717) is 28.9 Å². The van der Waals surface area contributed by atoms with Gasteiger partial charge in [-0.3, -0.25) is 4.79 Å². The van der Waals surface area contributed by atoms with Gasteiger partial charge in [-0.25, -0.2) is 9.97 Å². The minimum Gasteiger partial charge on any atom is -0.383 e. The Hall–Kier alpha value is -1.99. The Morgan fingerprint density at radius 1 is 1.33 bits per heavy atom. The summed E-state index contributed by atoms with van der Waals surface area (Å²) in [6.07, 6.45) is 0. The van der Waals surface area contributed by atoms with Crippen LogP contribution < -0.4 is 10.6 Å². The predicted molar refractivity (Wildman–Crippen MR) is 83.3 cm³/mol. The highest BCUT2D eigenvalue weighted by Gasteiger charge is 2.15. The van der Waals surface area contributed by atoms with Crippen LogP contribution in [-0.2, 0) is 4.74 Å². The summed E-state index contributed by atoms with van der Waals surface area (Å²) in [7, 11) is 1.60. The quantitative estimate of drug-likeness (QED) is 0.801. The third kappa shape index (κ3) is 4.24. The highest BCUT2D eigenvalue weighted by molar-refractivity contribution is 7.17. The molecular weight excluding hydrogens is 288 g/mol. The Kier molecular flexibility index (Phi) is 5.24. The molecule has 1 amide bonds. The van der Waals surface area contributed by atoms with Crippen LogP contribution in [-0.4, -0.2) is 36.1 Å². The van der Waals surface area contributed by atoms with Gasteiger partial charge in [-0.05, 0) is 26.0 Å². The van der Waals surface area contributed by atoms with Crippen molar-refractivity contribution < 1.29 is 9.53 Å². The van der Waals surface area contributed by atoms with E-state index in [4.69, 9.17) is 4.74 Å². The lowest BCUT2D eigenvalue weighted by molar-refractivity contribution is 0.0940. The van der Waals surface area contributed by atoms with Crippen LogP contribution in [0.15, 0.2) is 18.2 Å². The number of rotatable bonds is 6. The van der Waals surface area contributed by atoms with E-state index in [1.165, 1.54) is 11.3 Å². The third-order valence-electron chi connectivity index (χ3n) is 2.72. The Morgan fingerprint density at radius 3 is 2.86 bits per heavy atom. The lowest BCUT2D eigenvalue weighted by atomic mass is 10.4. The fourth-order valence-electron chi connectivity index (χ4n) is 1.73. The van der Waals surface area contributed by atoms with Crippen LogP contribution >= 0.6 is 11.3 Å². The lowest BCUT2D eigenvalue weighted by Gasteiger charge is -2.02. The number of hydrogen-bond donors (Lipinski definition) is 2. The zero-order valence-electron chi connectivity index (χ0n) is 12.3. The van der Waals surface area contributed by atoms with E-state index in [0.717, 1.165) is 11.5 Å². The van der Waals surface area contributed by atoms with Crippen LogP contribution in [0.5, 0.6) is 0 Å². The number of anilines is 2. The molecule has 2 aromatic rings. The molecule has 2 heterocycles. The van der Waals surface area contributed by atoms with Crippen LogP contribution in [0.4, 0.5) is 10.9 Å². The number of aryl methyl sites for hydroxylation is 2. The maximum atomic E-state index is 12.0.